The van der Waals surface area contributed by atoms with Crippen molar-refractivity contribution in [3.8, 4) is 17.2 Å². The van der Waals surface area contributed by atoms with Crippen molar-refractivity contribution in [1.29, 1.82) is 0 Å². The second-order valence-electron chi connectivity index (χ2n) is 5.51. The number of nitrogens with zero attached hydrogens (tertiary/aromatic N) is 1. The zero-order valence-electron chi connectivity index (χ0n) is 14.5. The third kappa shape index (κ3) is 3.69. The zero-order valence-corrected chi connectivity index (χ0v) is 14.5. The third-order valence-electron chi connectivity index (χ3n) is 3.83. The van der Waals surface area contributed by atoms with Crippen LogP contribution in [0.1, 0.15) is 17.3 Å². The second kappa shape index (κ2) is 7.74. The van der Waals surface area contributed by atoms with Gasteiger partial charge in [0, 0.05) is 23.6 Å². The Hall–Kier alpha value is -3.28. The monoisotopic (exact) mass is 354 g/mol. The fourth-order valence-electron chi connectivity index (χ4n) is 2.55. The number of hydrogen-bond acceptors (Lipinski definition) is 3. The van der Waals surface area contributed by atoms with Gasteiger partial charge in [-0.1, -0.05) is 0 Å². The van der Waals surface area contributed by atoms with Gasteiger partial charge in [-0.2, -0.15) is 0 Å². The molecule has 2 aromatic carbocycles. The van der Waals surface area contributed by atoms with Crippen LogP contribution in [0.15, 0.2) is 60.9 Å². The van der Waals surface area contributed by atoms with Crippen LogP contribution in [0.4, 0.5) is 10.1 Å². The van der Waals surface area contributed by atoms with Crippen LogP contribution in [0.2, 0.25) is 0 Å². The maximum absolute atomic E-state index is 14.1. The third-order valence-corrected chi connectivity index (χ3v) is 3.83. The first kappa shape index (κ1) is 17.5. The highest BCUT2D eigenvalue weighted by molar-refractivity contribution is 6.04. The number of ether oxygens (including phenoxy) is 2. The van der Waals surface area contributed by atoms with E-state index in [1.807, 2.05) is 36.0 Å². The molecule has 5 nitrogen and oxygen atoms in total. The van der Waals surface area contributed by atoms with Crippen LogP contribution in [-0.4, -0.2) is 24.2 Å². The van der Waals surface area contributed by atoms with E-state index in [-0.39, 0.29) is 5.69 Å². The van der Waals surface area contributed by atoms with Crippen molar-refractivity contribution in [2.24, 2.45) is 0 Å². The van der Waals surface area contributed by atoms with Gasteiger partial charge in [-0.05, 0) is 55.5 Å². The summed E-state index contributed by atoms with van der Waals surface area (Å²) < 4.78 is 26.6. The lowest BCUT2D eigenvalue weighted by molar-refractivity contribution is 0.102. The minimum Gasteiger partial charge on any atom is -0.493 e. The molecular formula is C20H19FN2O3. The number of benzene rings is 2. The Morgan fingerprint density at radius 2 is 1.88 bits per heavy atom. The lowest BCUT2D eigenvalue weighted by Gasteiger charge is -2.12. The van der Waals surface area contributed by atoms with E-state index in [2.05, 4.69) is 5.32 Å². The van der Waals surface area contributed by atoms with Gasteiger partial charge in [0.1, 0.15) is 5.82 Å². The summed E-state index contributed by atoms with van der Waals surface area (Å²) in [5.74, 6) is 0.0514. The Kier molecular flexibility index (Phi) is 5.22. The van der Waals surface area contributed by atoms with Gasteiger partial charge in [0.2, 0.25) is 0 Å². The van der Waals surface area contributed by atoms with E-state index in [1.165, 1.54) is 13.2 Å². The molecule has 0 aliphatic carbocycles. The van der Waals surface area contributed by atoms with Crippen LogP contribution in [0, 0.1) is 5.82 Å². The predicted octanol–water partition coefficient (Wildman–Crippen LogP) is 4.28. The van der Waals surface area contributed by atoms with Crippen LogP contribution >= 0.6 is 0 Å². The molecule has 1 N–H and O–H groups in total. The van der Waals surface area contributed by atoms with Crippen molar-refractivity contribution < 1.29 is 18.7 Å². The van der Waals surface area contributed by atoms with Crippen LogP contribution in [0.5, 0.6) is 11.5 Å². The molecule has 0 aliphatic heterocycles. The van der Waals surface area contributed by atoms with Gasteiger partial charge in [-0.15, -0.1) is 0 Å². The smallest absolute Gasteiger partial charge is 0.255 e. The number of carbonyl (C=O) groups excluding carboxylic acids is 1. The van der Waals surface area contributed by atoms with E-state index in [0.717, 1.165) is 5.69 Å². The molecule has 134 valence electrons. The maximum atomic E-state index is 14.1. The predicted molar refractivity (Wildman–Crippen MR) is 97.8 cm³/mol. The molecule has 1 amide bonds. The number of rotatable bonds is 6. The normalized spacial score (nSPS) is 10.4. The molecule has 0 fully saturated rings. The zero-order chi connectivity index (χ0) is 18.5. The molecule has 0 radical (unpaired) electrons. The number of hydrogen-bond donors (Lipinski definition) is 1. The molecule has 0 bridgehead atoms. The highest BCUT2D eigenvalue weighted by Gasteiger charge is 2.14. The highest BCUT2D eigenvalue weighted by atomic mass is 19.1. The lowest BCUT2D eigenvalue weighted by atomic mass is 10.1. The van der Waals surface area contributed by atoms with Gasteiger partial charge in [-0.25, -0.2) is 4.39 Å². The van der Waals surface area contributed by atoms with Crippen molar-refractivity contribution >= 4 is 11.6 Å². The molecule has 0 aliphatic rings. The van der Waals surface area contributed by atoms with Crippen LogP contribution < -0.4 is 14.8 Å². The average molecular weight is 354 g/mol. The number of amides is 1. The Balaban J connectivity index is 1.85. The number of anilines is 1. The van der Waals surface area contributed by atoms with Gasteiger partial charge < -0.3 is 19.4 Å². The summed E-state index contributed by atoms with van der Waals surface area (Å²) in [7, 11) is 1.50. The Labute approximate surface area is 151 Å². The van der Waals surface area contributed by atoms with Crippen LogP contribution in [0.25, 0.3) is 5.69 Å². The molecular weight excluding hydrogens is 335 g/mol. The molecule has 0 saturated heterocycles. The molecule has 0 saturated carbocycles. The Morgan fingerprint density at radius 1 is 1.12 bits per heavy atom. The molecule has 0 atom stereocenters. The number of carbonyl (C=O) groups is 1. The fourth-order valence-corrected chi connectivity index (χ4v) is 2.55. The largest absolute Gasteiger partial charge is 0.493 e. The summed E-state index contributed by atoms with van der Waals surface area (Å²) in [5, 5.41) is 2.61. The molecule has 26 heavy (non-hydrogen) atoms. The first-order valence-corrected chi connectivity index (χ1v) is 8.17. The van der Waals surface area contributed by atoms with Crippen molar-refractivity contribution in [3.05, 3.63) is 72.3 Å². The van der Waals surface area contributed by atoms with E-state index in [9.17, 15) is 9.18 Å². The van der Waals surface area contributed by atoms with Gasteiger partial charge in [-0.3, -0.25) is 4.79 Å². The molecule has 1 heterocycles. The van der Waals surface area contributed by atoms with Gasteiger partial charge in [0.05, 0.1) is 19.4 Å². The highest BCUT2D eigenvalue weighted by Crippen LogP contribution is 2.28. The van der Waals surface area contributed by atoms with Crippen LogP contribution in [0.3, 0.4) is 0 Å². The number of aromatic nitrogens is 1. The van der Waals surface area contributed by atoms with E-state index in [1.54, 1.807) is 30.3 Å². The van der Waals surface area contributed by atoms with Gasteiger partial charge >= 0.3 is 0 Å². The minimum absolute atomic E-state index is 0.106. The van der Waals surface area contributed by atoms with Crippen molar-refractivity contribution in [1.82, 2.24) is 4.57 Å². The lowest BCUT2D eigenvalue weighted by Crippen LogP contribution is -2.13. The SMILES string of the molecule is CCOc1ccc(C(=O)Nc2cc(-n3cccc3)ccc2F)cc1OC. The summed E-state index contributed by atoms with van der Waals surface area (Å²) in [6.07, 6.45) is 3.69. The van der Waals surface area contributed by atoms with Gasteiger partial charge in [0.15, 0.2) is 11.5 Å². The van der Waals surface area contributed by atoms with E-state index in [4.69, 9.17) is 9.47 Å². The van der Waals surface area contributed by atoms with E-state index < -0.39 is 11.7 Å². The number of nitrogens with one attached hydrogen (secondary N) is 1. The summed E-state index contributed by atoms with van der Waals surface area (Å²) in [6.45, 7) is 2.35. The minimum atomic E-state index is -0.507. The molecule has 3 rings (SSSR count). The first-order valence-electron chi connectivity index (χ1n) is 8.17. The van der Waals surface area contributed by atoms with Crippen LogP contribution in [-0.2, 0) is 0 Å². The summed E-state index contributed by atoms with van der Waals surface area (Å²) >= 11 is 0. The summed E-state index contributed by atoms with van der Waals surface area (Å²) in [4.78, 5) is 12.5. The molecule has 6 heteroatoms. The molecule has 0 unspecified atom stereocenters. The summed E-state index contributed by atoms with van der Waals surface area (Å²) in [6, 6.07) is 13.1. The molecule has 1 aromatic heterocycles. The average Bonchev–Trinajstić information content (AvgIpc) is 3.18. The molecule has 3 aromatic rings. The fraction of sp³-hybridized carbons (Fsp3) is 0.150. The second-order valence-corrected chi connectivity index (χ2v) is 5.51. The van der Waals surface area contributed by atoms with Gasteiger partial charge in [0.25, 0.3) is 5.91 Å². The summed E-state index contributed by atoms with van der Waals surface area (Å²) in [5.41, 5.74) is 1.20. The Bertz CT molecular complexity index is 907. The standard InChI is InChI=1S/C20H19FN2O3/c1-3-26-18-9-6-14(12-19(18)25-2)20(24)22-17-13-15(7-8-16(17)21)23-10-4-5-11-23/h4-13H,3H2,1-2H3,(H,22,24). The maximum Gasteiger partial charge on any atom is 0.255 e. The van der Waals surface area contributed by atoms with Crippen molar-refractivity contribution in [2.75, 3.05) is 19.0 Å². The number of methoxy groups -OCH3 is 1. The first-order chi connectivity index (χ1) is 12.6. The molecule has 0 spiro atoms. The Morgan fingerprint density at radius 3 is 2.58 bits per heavy atom. The van der Waals surface area contributed by atoms with Crippen molar-refractivity contribution in [2.45, 2.75) is 6.92 Å². The van der Waals surface area contributed by atoms with Crippen molar-refractivity contribution in [3.63, 3.8) is 0 Å². The van der Waals surface area contributed by atoms with E-state index >= 15 is 0 Å². The van der Waals surface area contributed by atoms with E-state index in [0.29, 0.717) is 23.7 Å². The number of halogens is 1. The topological polar surface area (TPSA) is 52.5 Å². The quantitative estimate of drug-likeness (QED) is 0.719.